The van der Waals surface area contributed by atoms with Crippen LogP contribution in [0.5, 0.6) is 0 Å². The molecule has 0 unspecified atom stereocenters. The molecular weight excluding hydrogens is 308 g/mol. The maximum absolute atomic E-state index is 12.1. The van der Waals surface area contributed by atoms with Gasteiger partial charge in [-0.25, -0.2) is 0 Å². The highest BCUT2D eigenvalue weighted by Gasteiger charge is 2.26. The molecule has 128 valence electrons. The van der Waals surface area contributed by atoms with Gasteiger partial charge in [-0.1, -0.05) is 39.0 Å². The van der Waals surface area contributed by atoms with Crippen LogP contribution in [0.1, 0.15) is 51.2 Å². The molecule has 1 N–H and O–H groups in total. The van der Waals surface area contributed by atoms with Crippen molar-refractivity contribution in [3.63, 3.8) is 0 Å². The van der Waals surface area contributed by atoms with Crippen molar-refractivity contribution in [1.29, 1.82) is 0 Å². The highest BCUT2D eigenvalue weighted by Crippen LogP contribution is 2.35. The van der Waals surface area contributed by atoms with Gasteiger partial charge in [0.15, 0.2) is 0 Å². The van der Waals surface area contributed by atoms with Crippen LogP contribution < -0.4 is 5.32 Å². The minimum Gasteiger partial charge on any atom is -0.321 e. The number of nitrogens with one attached hydrogen (secondary N) is 1. The maximum atomic E-state index is 12.1. The fourth-order valence-corrected chi connectivity index (χ4v) is 3.18. The van der Waals surface area contributed by atoms with Gasteiger partial charge in [-0.3, -0.25) is 4.79 Å². The fourth-order valence-electron chi connectivity index (χ4n) is 3.18. The van der Waals surface area contributed by atoms with Gasteiger partial charge in [-0.15, -0.1) is 12.4 Å². The molecule has 4 heteroatoms. The van der Waals surface area contributed by atoms with E-state index in [1.54, 1.807) is 0 Å². The summed E-state index contributed by atoms with van der Waals surface area (Å²) in [5, 5.41) is 2.99. The summed E-state index contributed by atoms with van der Waals surface area (Å²) < 4.78 is 0. The Bertz CT molecular complexity index is 548. The van der Waals surface area contributed by atoms with Crippen LogP contribution in [0.25, 0.3) is 5.57 Å². The highest BCUT2D eigenvalue weighted by atomic mass is 35.5. The number of carbonyl (C=O) groups is 1. The summed E-state index contributed by atoms with van der Waals surface area (Å²) in [6, 6.07) is 6.22. The molecule has 0 saturated carbocycles. The van der Waals surface area contributed by atoms with Gasteiger partial charge in [0, 0.05) is 23.4 Å². The lowest BCUT2D eigenvalue weighted by Crippen LogP contribution is -2.28. The second-order valence-electron chi connectivity index (χ2n) is 5.91. The van der Waals surface area contributed by atoms with Crippen LogP contribution in [0.3, 0.4) is 0 Å². The molecule has 0 aromatic heterocycles. The first kappa shape index (κ1) is 19.7. The molecular formula is C19H29ClN2O. The lowest BCUT2D eigenvalue weighted by atomic mass is 9.97. The van der Waals surface area contributed by atoms with Gasteiger partial charge in [0.2, 0.25) is 0 Å². The molecule has 1 aliphatic heterocycles. The Balaban J connectivity index is 0.00000264. The molecule has 23 heavy (non-hydrogen) atoms. The van der Waals surface area contributed by atoms with E-state index in [0.29, 0.717) is 0 Å². The van der Waals surface area contributed by atoms with E-state index in [-0.39, 0.29) is 18.3 Å². The monoisotopic (exact) mass is 336 g/mol. The summed E-state index contributed by atoms with van der Waals surface area (Å²) in [7, 11) is 0. The normalized spacial score (nSPS) is 14.8. The molecule has 1 aromatic carbocycles. The van der Waals surface area contributed by atoms with E-state index < -0.39 is 0 Å². The number of allylic oxidation sites excluding steroid dienone is 1. The van der Waals surface area contributed by atoms with Gasteiger partial charge in [-0.05, 0) is 50.4 Å². The molecule has 0 spiro atoms. The minimum absolute atomic E-state index is 0. The summed E-state index contributed by atoms with van der Waals surface area (Å²) >= 11 is 0. The lowest BCUT2D eigenvalue weighted by molar-refractivity contribution is -0.110. The zero-order valence-electron chi connectivity index (χ0n) is 14.5. The number of rotatable bonds is 8. The van der Waals surface area contributed by atoms with Crippen LogP contribution in [0.2, 0.25) is 0 Å². The van der Waals surface area contributed by atoms with Gasteiger partial charge >= 0.3 is 0 Å². The van der Waals surface area contributed by atoms with Crippen LogP contribution >= 0.6 is 12.4 Å². The zero-order valence-corrected chi connectivity index (χ0v) is 15.3. The lowest BCUT2D eigenvalue weighted by Gasteiger charge is -2.21. The minimum atomic E-state index is 0. The summed E-state index contributed by atoms with van der Waals surface area (Å²) in [5.41, 5.74) is 4.24. The number of amides is 1. The van der Waals surface area contributed by atoms with E-state index in [1.807, 2.05) is 18.2 Å². The van der Waals surface area contributed by atoms with Crippen LogP contribution in [-0.4, -0.2) is 30.4 Å². The second kappa shape index (κ2) is 9.74. The third-order valence-electron chi connectivity index (χ3n) is 4.10. The summed E-state index contributed by atoms with van der Waals surface area (Å²) in [4.78, 5) is 14.6. The Morgan fingerprint density at radius 3 is 2.39 bits per heavy atom. The number of hydrogen-bond acceptors (Lipinski definition) is 2. The third kappa shape index (κ3) is 4.82. The smallest absolute Gasteiger partial charge is 0.256 e. The van der Waals surface area contributed by atoms with Gasteiger partial charge in [0.1, 0.15) is 0 Å². The SMILES string of the molecule is CCC=C1C(=O)Nc2cccc(CCN(CCC)CCC)c21.Cl. The molecule has 0 aliphatic carbocycles. The predicted molar refractivity (Wildman–Crippen MR) is 101 cm³/mol. The third-order valence-corrected chi connectivity index (χ3v) is 4.10. The molecule has 2 rings (SSSR count). The number of carbonyl (C=O) groups excluding carboxylic acids is 1. The summed E-state index contributed by atoms with van der Waals surface area (Å²) in [6.45, 7) is 9.90. The van der Waals surface area contributed by atoms with Crippen LogP contribution in [0.4, 0.5) is 5.69 Å². The number of benzene rings is 1. The Hall–Kier alpha value is -1.32. The summed E-state index contributed by atoms with van der Waals surface area (Å²) in [6.07, 6.45) is 6.30. The Morgan fingerprint density at radius 2 is 1.78 bits per heavy atom. The van der Waals surface area contributed by atoms with Crippen LogP contribution in [0.15, 0.2) is 24.3 Å². The van der Waals surface area contributed by atoms with Crippen molar-refractivity contribution in [2.75, 3.05) is 25.0 Å². The average molecular weight is 337 g/mol. The van der Waals surface area contributed by atoms with E-state index >= 15 is 0 Å². The van der Waals surface area contributed by atoms with E-state index in [1.165, 1.54) is 18.4 Å². The van der Waals surface area contributed by atoms with Crippen molar-refractivity contribution in [2.24, 2.45) is 0 Å². The first-order valence-electron chi connectivity index (χ1n) is 8.57. The van der Waals surface area contributed by atoms with E-state index in [2.05, 4.69) is 37.1 Å². The van der Waals surface area contributed by atoms with Crippen molar-refractivity contribution in [1.82, 2.24) is 4.90 Å². The Morgan fingerprint density at radius 1 is 1.09 bits per heavy atom. The van der Waals surface area contributed by atoms with Crippen LogP contribution in [0, 0.1) is 0 Å². The van der Waals surface area contributed by atoms with Crippen molar-refractivity contribution in [3.05, 3.63) is 35.4 Å². The molecule has 0 radical (unpaired) electrons. The van der Waals surface area contributed by atoms with Crippen molar-refractivity contribution in [2.45, 2.75) is 46.5 Å². The zero-order chi connectivity index (χ0) is 15.9. The molecule has 3 nitrogen and oxygen atoms in total. The van der Waals surface area contributed by atoms with E-state index in [0.717, 1.165) is 49.3 Å². The van der Waals surface area contributed by atoms with Crippen molar-refractivity contribution >= 4 is 29.6 Å². The summed E-state index contributed by atoms with van der Waals surface area (Å²) in [5.74, 6) is 0.0447. The van der Waals surface area contributed by atoms with Gasteiger partial charge in [-0.2, -0.15) is 0 Å². The fraction of sp³-hybridized carbons (Fsp3) is 0.526. The Kier molecular flexibility index (Phi) is 8.35. The van der Waals surface area contributed by atoms with Crippen LogP contribution in [-0.2, 0) is 11.2 Å². The quantitative estimate of drug-likeness (QED) is 0.708. The largest absolute Gasteiger partial charge is 0.321 e. The molecule has 0 bridgehead atoms. The molecule has 1 aromatic rings. The number of nitrogens with zero attached hydrogens (tertiary/aromatic N) is 1. The average Bonchev–Trinajstić information content (AvgIpc) is 2.82. The Labute approximate surface area is 146 Å². The van der Waals surface area contributed by atoms with Crippen molar-refractivity contribution < 1.29 is 4.79 Å². The highest BCUT2D eigenvalue weighted by molar-refractivity contribution is 6.31. The molecule has 1 aliphatic rings. The van der Waals surface area contributed by atoms with Gasteiger partial charge < -0.3 is 10.2 Å². The molecule has 1 heterocycles. The maximum Gasteiger partial charge on any atom is 0.256 e. The first-order valence-corrected chi connectivity index (χ1v) is 8.57. The number of halogens is 1. The van der Waals surface area contributed by atoms with Gasteiger partial charge in [0.05, 0.1) is 0 Å². The molecule has 0 fully saturated rings. The van der Waals surface area contributed by atoms with E-state index in [9.17, 15) is 4.79 Å². The standard InChI is InChI=1S/C19H28N2O.ClH/c1-4-8-16-18-15(9-7-10-17(18)20-19(16)22)11-14-21(12-5-2)13-6-3;/h7-10H,4-6,11-14H2,1-3H3,(H,20,22);1H. The molecule has 1 amide bonds. The number of fused-ring (bicyclic) bond motifs is 1. The van der Waals surface area contributed by atoms with Crippen molar-refractivity contribution in [3.8, 4) is 0 Å². The topological polar surface area (TPSA) is 32.3 Å². The number of anilines is 1. The van der Waals surface area contributed by atoms with E-state index in [4.69, 9.17) is 0 Å². The van der Waals surface area contributed by atoms with Gasteiger partial charge in [0.25, 0.3) is 5.91 Å². The molecule has 0 atom stereocenters. The molecule has 0 saturated heterocycles. The second-order valence-corrected chi connectivity index (χ2v) is 5.91. The number of hydrogen-bond donors (Lipinski definition) is 1. The first-order chi connectivity index (χ1) is 10.7. The predicted octanol–water partition coefficient (Wildman–Crippen LogP) is 4.52.